The van der Waals surface area contributed by atoms with E-state index in [2.05, 4.69) is 21.6 Å². The van der Waals surface area contributed by atoms with Crippen LogP contribution in [0.3, 0.4) is 0 Å². The minimum atomic E-state index is -0.522. The standard InChI is InChI=1S/C8H7NO2/c1-11-8(10)3-2-7-4-5-9-6-7/h4-6,9H,1H3. The number of hydrogen-bond donors (Lipinski definition) is 1. The van der Waals surface area contributed by atoms with Crippen molar-refractivity contribution in [1.82, 2.24) is 4.98 Å². The fourth-order valence-corrected chi connectivity index (χ4v) is 0.576. The lowest BCUT2D eigenvalue weighted by atomic mass is 10.3. The predicted molar refractivity (Wildman–Crippen MR) is 39.7 cm³/mol. The average Bonchev–Trinajstić information content (AvgIpc) is 2.52. The van der Waals surface area contributed by atoms with Crippen LogP contribution in [0.4, 0.5) is 0 Å². The first-order valence-corrected chi connectivity index (χ1v) is 3.05. The van der Waals surface area contributed by atoms with E-state index in [1.165, 1.54) is 7.11 Å². The molecule has 0 unspecified atom stereocenters. The van der Waals surface area contributed by atoms with Gasteiger partial charge in [0, 0.05) is 23.9 Å². The Morgan fingerprint density at radius 2 is 2.55 bits per heavy atom. The summed E-state index contributed by atoms with van der Waals surface area (Å²) in [6.45, 7) is 0. The molecule has 1 aromatic rings. The van der Waals surface area contributed by atoms with Crippen LogP contribution < -0.4 is 0 Å². The third-order valence-electron chi connectivity index (χ3n) is 1.09. The summed E-state index contributed by atoms with van der Waals surface area (Å²) in [7, 11) is 1.30. The monoisotopic (exact) mass is 149 g/mol. The smallest absolute Gasteiger partial charge is 0.384 e. The molecule has 0 aliphatic rings. The second kappa shape index (κ2) is 3.47. The maximum Gasteiger partial charge on any atom is 0.384 e. The lowest BCUT2D eigenvalue weighted by Crippen LogP contribution is -1.94. The number of esters is 1. The summed E-state index contributed by atoms with van der Waals surface area (Å²) < 4.78 is 4.33. The third-order valence-corrected chi connectivity index (χ3v) is 1.09. The van der Waals surface area contributed by atoms with Crippen LogP contribution in [0, 0.1) is 11.8 Å². The van der Waals surface area contributed by atoms with Crippen LogP contribution in [0.2, 0.25) is 0 Å². The van der Waals surface area contributed by atoms with Crippen molar-refractivity contribution in [2.75, 3.05) is 7.11 Å². The van der Waals surface area contributed by atoms with Gasteiger partial charge in [0.2, 0.25) is 0 Å². The van der Waals surface area contributed by atoms with Gasteiger partial charge in [-0.15, -0.1) is 0 Å². The van der Waals surface area contributed by atoms with Crippen molar-refractivity contribution in [2.24, 2.45) is 0 Å². The molecule has 0 saturated heterocycles. The molecule has 0 radical (unpaired) electrons. The molecule has 0 aliphatic carbocycles. The molecule has 0 aliphatic heterocycles. The summed E-state index contributed by atoms with van der Waals surface area (Å²) in [5.74, 6) is 4.40. The molecule has 1 heterocycles. The highest BCUT2D eigenvalue weighted by molar-refractivity contribution is 5.88. The number of ether oxygens (including phenoxy) is 1. The summed E-state index contributed by atoms with van der Waals surface area (Å²) in [5.41, 5.74) is 0.774. The predicted octanol–water partition coefficient (Wildman–Crippen LogP) is 0.539. The van der Waals surface area contributed by atoms with Gasteiger partial charge in [-0.3, -0.25) is 0 Å². The largest absolute Gasteiger partial charge is 0.459 e. The van der Waals surface area contributed by atoms with Gasteiger partial charge in [-0.05, 0) is 6.07 Å². The molecule has 0 aromatic carbocycles. The highest BCUT2D eigenvalue weighted by Crippen LogP contribution is 1.91. The molecule has 1 aromatic heterocycles. The van der Waals surface area contributed by atoms with Crippen molar-refractivity contribution >= 4 is 5.97 Å². The minimum Gasteiger partial charge on any atom is -0.459 e. The number of carbonyl (C=O) groups excluding carboxylic acids is 1. The van der Waals surface area contributed by atoms with Crippen LogP contribution in [-0.2, 0) is 9.53 Å². The fourth-order valence-electron chi connectivity index (χ4n) is 0.576. The van der Waals surface area contributed by atoms with E-state index in [-0.39, 0.29) is 0 Å². The van der Waals surface area contributed by atoms with Gasteiger partial charge in [-0.25, -0.2) is 4.79 Å². The number of nitrogens with one attached hydrogen (secondary N) is 1. The topological polar surface area (TPSA) is 42.1 Å². The van der Waals surface area contributed by atoms with E-state index in [0.717, 1.165) is 5.56 Å². The van der Waals surface area contributed by atoms with Crippen molar-refractivity contribution in [3.05, 3.63) is 24.0 Å². The van der Waals surface area contributed by atoms with Gasteiger partial charge in [-0.2, -0.15) is 0 Å². The van der Waals surface area contributed by atoms with Gasteiger partial charge < -0.3 is 9.72 Å². The first-order chi connectivity index (χ1) is 5.33. The van der Waals surface area contributed by atoms with E-state index >= 15 is 0 Å². The first-order valence-electron chi connectivity index (χ1n) is 3.05. The molecule has 0 fully saturated rings. The van der Waals surface area contributed by atoms with Gasteiger partial charge in [0.25, 0.3) is 0 Å². The molecule has 11 heavy (non-hydrogen) atoms. The van der Waals surface area contributed by atoms with Crippen LogP contribution in [-0.4, -0.2) is 18.1 Å². The SMILES string of the molecule is COC(=O)C#Cc1cc[nH]c1. The lowest BCUT2D eigenvalue weighted by Gasteiger charge is -1.82. The highest BCUT2D eigenvalue weighted by Gasteiger charge is 1.89. The van der Waals surface area contributed by atoms with Gasteiger partial charge in [-0.1, -0.05) is 5.92 Å². The van der Waals surface area contributed by atoms with Crippen LogP contribution in [0.15, 0.2) is 18.5 Å². The Kier molecular flexibility index (Phi) is 2.34. The van der Waals surface area contributed by atoms with E-state index < -0.39 is 5.97 Å². The third kappa shape index (κ3) is 2.18. The number of H-pyrrole nitrogens is 1. The molecule has 3 nitrogen and oxygen atoms in total. The number of aromatic nitrogens is 1. The minimum absolute atomic E-state index is 0.522. The van der Waals surface area contributed by atoms with Crippen LogP contribution in [0.1, 0.15) is 5.56 Å². The first kappa shape index (κ1) is 7.42. The van der Waals surface area contributed by atoms with E-state index in [1.54, 1.807) is 18.5 Å². The number of carbonyl (C=O) groups is 1. The molecular formula is C8H7NO2. The molecule has 56 valence electrons. The Labute approximate surface area is 64.4 Å². The molecule has 0 amide bonds. The Bertz CT molecular complexity index is 290. The van der Waals surface area contributed by atoms with Crippen molar-refractivity contribution in [2.45, 2.75) is 0 Å². The number of aromatic amines is 1. The van der Waals surface area contributed by atoms with Gasteiger partial charge in [0.05, 0.1) is 7.11 Å². The normalized spacial score (nSPS) is 8.09. The molecule has 0 atom stereocenters. The van der Waals surface area contributed by atoms with Crippen molar-refractivity contribution in [1.29, 1.82) is 0 Å². The Morgan fingerprint density at radius 3 is 3.09 bits per heavy atom. The maximum absolute atomic E-state index is 10.5. The van der Waals surface area contributed by atoms with Gasteiger partial charge >= 0.3 is 5.97 Å². The zero-order valence-electron chi connectivity index (χ0n) is 6.05. The Hall–Kier alpha value is -1.69. The lowest BCUT2D eigenvalue weighted by molar-refractivity contribution is -0.133. The zero-order chi connectivity index (χ0) is 8.10. The van der Waals surface area contributed by atoms with Crippen molar-refractivity contribution < 1.29 is 9.53 Å². The van der Waals surface area contributed by atoms with E-state index in [4.69, 9.17) is 0 Å². The molecule has 0 spiro atoms. The quantitative estimate of drug-likeness (QED) is 0.432. The van der Waals surface area contributed by atoms with E-state index in [1.807, 2.05) is 0 Å². The summed E-state index contributed by atoms with van der Waals surface area (Å²) in [6.07, 6.45) is 3.44. The summed E-state index contributed by atoms with van der Waals surface area (Å²) >= 11 is 0. The van der Waals surface area contributed by atoms with E-state index in [0.29, 0.717) is 0 Å². The maximum atomic E-state index is 10.5. The Morgan fingerprint density at radius 1 is 1.73 bits per heavy atom. The second-order valence-corrected chi connectivity index (χ2v) is 1.84. The van der Waals surface area contributed by atoms with Crippen LogP contribution in [0.5, 0.6) is 0 Å². The van der Waals surface area contributed by atoms with E-state index in [9.17, 15) is 4.79 Å². The molecule has 1 N–H and O–H groups in total. The summed E-state index contributed by atoms with van der Waals surface area (Å²) in [5, 5.41) is 0. The van der Waals surface area contributed by atoms with Crippen LogP contribution >= 0.6 is 0 Å². The van der Waals surface area contributed by atoms with Crippen molar-refractivity contribution in [3.8, 4) is 11.8 Å². The summed E-state index contributed by atoms with van der Waals surface area (Å²) in [6, 6.07) is 1.77. The molecule has 0 saturated carbocycles. The van der Waals surface area contributed by atoms with Gasteiger partial charge in [0.1, 0.15) is 0 Å². The highest BCUT2D eigenvalue weighted by atomic mass is 16.5. The summed E-state index contributed by atoms with van der Waals surface area (Å²) in [4.78, 5) is 13.3. The average molecular weight is 149 g/mol. The fraction of sp³-hybridized carbons (Fsp3) is 0.125. The molecule has 0 bridgehead atoms. The van der Waals surface area contributed by atoms with Crippen LogP contribution in [0.25, 0.3) is 0 Å². The number of methoxy groups -OCH3 is 1. The Balaban J connectivity index is 2.66. The van der Waals surface area contributed by atoms with Gasteiger partial charge in [0.15, 0.2) is 0 Å². The molecule has 3 heteroatoms. The second-order valence-electron chi connectivity index (χ2n) is 1.84. The zero-order valence-corrected chi connectivity index (χ0v) is 6.05. The van der Waals surface area contributed by atoms with Crippen molar-refractivity contribution in [3.63, 3.8) is 0 Å². The number of hydrogen-bond acceptors (Lipinski definition) is 2. The molecular weight excluding hydrogens is 142 g/mol. The number of rotatable bonds is 0. The molecule has 1 rings (SSSR count).